The first-order chi connectivity index (χ1) is 6.40. The molecule has 0 rings (SSSR count). The van der Waals surface area contributed by atoms with E-state index in [1.54, 1.807) is 6.92 Å². The highest BCUT2D eigenvalue weighted by Crippen LogP contribution is 2.26. The predicted octanol–water partition coefficient (Wildman–Crippen LogP) is 1.14. The topological polar surface area (TPSA) is 52.5 Å². The second kappa shape index (κ2) is 6.38. The summed E-state index contributed by atoms with van der Waals surface area (Å²) in [6.07, 6.45) is 1.14. The molecule has 3 N–H and O–H groups in total. The highest BCUT2D eigenvalue weighted by molar-refractivity contribution is 4.76. The van der Waals surface area contributed by atoms with E-state index in [4.69, 9.17) is 5.11 Å². The monoisotopic (exact) mass is 203 g/mol. The molecule has 0 aromatic carbocycles. The molecule has 0 aliphatic heterocycles. The van der Waals surface area contributed by atoms with E-state index in [1.807, 2.05) is 0 Å². The van der Waals surface area contributed by atoms with Crippen molar-refractivity contribution in [2.75, 3.05) is 13.1 Å². The number of nitrogens with one attached hydrogen (secondary N) is 1. The van der Waals surface area contributed by atoms with Gasteiger partial charge >= 0.3 is 0 Å². The molecule has 0 aliphatic rings. The average molecular weight is 203 g/mol. The van der Waals surface area contributed by atoms with Gasteiger partial charge in [0, 0.05) is 6.54 Å². The summed E-state index contributed by atoms with van der Waals surface area (Å²) in [5, 5.41) is 21.9. The lowest BCUT2D eigenvalue weighted by Crippen LogP contribution is -2.33. The summed E-state index contributed by atoms with van der Waals surface area (Å²) in [5.74, 6) is 0. The first-order valence-electron chi connectivity index (χ1n) is 5.47. The molecule has 2 atom stereocenters. The van der Waals surface area contributed by atoms with Gasteiger partial charge in [-0.2, -0.15) is 0 Å². The van der Waals surface area contributed by atoms with Crippen LogP contribution in [0.25, 0.3) is 0 Å². The van der Waals surface area contributed by atoms with Gasteiger partial charge in [0.15, 0.2) is 0 Å². The normalized spacial score (nSPS) is 16.7. The Morgan fingerprint density at radius 1 is 1.29 bits per heavy atom. The Bertz CT molecular complexity index is 146. The maximum atomic E-state index is 9.84. The van der Waals surface area contributed by atoms with Gasteiger partial charge < -0.3 is 15.5 Å². The van der Waals surface area contributed by atoms with Crippen LogP contribution in [0.15, 0.2) is 0 Å². The van der Waals surface area contributed by atoms with Gasteiger partial charge in [0.2, 0.25) is 0 Å². The highest BCUT2D eigenvalue weighted by Gasteiger charge is 2.24. The highest BCUT2D eigenvalue weighted by atomic mass is 16.3. The van der Waals surface area contributed by atoms with Gasteiger partial charge in [-0.25, -0.2) is 0 Å². The Morgan fingerprint density at radius 2 is 1.86 bits per heavy atom. The predicted molar refractivity (Wildman–Crippen MR) is 59.2 cm³/mol. The van der Waals surface area contributed by atoms with Gasteiger partial charge in [0.1, 0.15) is 0 Å². The number of hydrogen-bond donors (Lipinski definition) is 3. The van der Waals surface area contributed by atoms with Crippen LogP contribution in [0.3, 0.4) is 0 Å². The van der Waals surface area contributed by atoms with E-state index < -0.39 is 0 Å². The van der Waals surface area contributed by atoms with E-state index in [0.29, 0.717) is 6.54 Å². The Kier molecular flexibility index (Phi) is 6.33. The fourth-order valence-corrected chi connectivity index (χ4v) is 1.18. The van der Waals surface area contributed by atoms with Crippen LogP contribution in [0.4, 0.5) is 0 Å². The summed E-state index contributed by atoms with van der Waals surface area (Å²) < 4.78 is 0. The summed E-state index contributed by atoms with van der Waals surface area (Å²) in [4.78, 5) is 0. The van der Waals surface area contributed by atoms with Crippen molar-refractivity contribution in [2.45, 2.75) is 52.7 Å². The molecule has 0 aliphatic carbocycles. The molecule has 0 bridgehead atoms. The van der Waals surface area contributed by atoms with E-state index in [0.717, 1.165) is 19.4 Å². The van der Waals surface area contributed by atoms with E-state index in [-0.39, 0.29) is 17.6 Å². The molecule has 0 spiro atoms. The minimum Gasteiger partial charge on any atom is -0.393 e. The zero-order valence-corrected chi connectivity index (χ0v) is 9.88. The Hall–Kier alpha value is -0.120. The van der Waals surface area contributed by atoms with Gasteiger partial charge in [-0.05, 0) is 31.7 Å². The maximum absolute atomic E-state index is 9.84. The van der Waals surface area contributed by atoms with Gasteiger partial charge in [-0.3, -0.25) is 0 Å². The quantitative estimate of drug-likeness (QED) is 0.544. The van der Waals surface area contributed by atoms with Crippen LogP contribution in [-0.4, -0.2) is 35.5 Å². The summed E-state index contributed by atoms with van der Waals surface area (Å²) in [7, 11) is 0. The molecular weight excluding hydrogens is 178 g/mol. The van der Waals surface area contributed by atoms with Crippen molar-refractivity contribution in [3.05, 3.63) is 0 Å². The van der Waals surface area contributed by atoms with Crippen molar-refractivity contribution >= 4 is 0 Å². The van der Waals surface area contributed by atoms with Crippen LogP contribution in [0.2, 0.25) is 0 Å². The van der Waals surface area contributed by atoms with Gasteiger partial charge in [0.25, 0.3) is 0 Å². The third-order valence-corrected chi connectivity index (χ3v) is 2.85. The summed E-state index contributed by atoms with van der Waals surface area (Å²) in [6.45, 7) is 9.35. The Morgan fingerprint density at radius 3 is 2.29 bits per heavy atom. The van der Waals surface area contributed by atoms with Crippen LogP contribution in [0.1, 0.15) is 40.5 Å². The van der Waals surface area contributed by atoms with Crippen LogP contribution in [0, 0.1) is 5.41 Å². The molecule has 3 nitrogen and oxygen atoms in total. The zero-order chi connectivity index (χ0) is 11.2. The van der Waals surface area contributed by atoms with Gasteiger partial charge in [0.05, 0.1) is 12.2 Å². The molecule has 0 heterocycles. The van der Waals surface area contributed by atoms with Crippen LogP contribution in [0.5, 0.6) is 0 Å². The molecule has 0 aromatic rings. The van der Waals surface area contributed by atoms with Crippen molar-refractivity contribution in [3.63, 3.8) is 0 Å². The fourth-order valence-electron chi connectivity index (χ4n) is 1.18. The second-order valence-corrected chi connectivity index (χ2v) is 4.70. The van der Waals surface area contributed by atoms with Crippen molar-refractivity contribution < 1.29 is 10.2 Å². The fraction of sp³-hybridized carbons (Fsp3) is 1.00. The van der Waals surface area contributed by atoms with Gasteiger partial charge in [-0.15, -0.1) is 0 Å². The van der Waals surface area contributed by atoms with Crippen LogP contribution >= 0.6 is 0 Å². The molecule has 14 heavy (non-hydrogen) atoms. The minimum absolute atomic E-state index is 0.00743. The smallest absolute Gasteiger partial charge is 0.0636 e. The molecular formula is C11H25NO2. The minimum atomic E-state index is -0.314. The zero-order valence-electron chi connectivity index (χ0n) is 9.88. The third-order valence-electron chi connectivity index (χ3n) is 2.85. The third kappa shape index (κ3) is 5.58. The Labute approximate surface area is 87.5 Å². The van der Waals surface area contributed by atoms with E-state index >= 15 is 0 Å². The van der Waals surface area contributed by atoms with Gasteiger partial charge in [-0.1, -0.05) is 20.8 Å². The maximum Gasteiger partial charge on any atom is 0.0636 e. The molecule has 3 heteroatoms. The van der Waals surface area contributed by atoms with Crippen molar-refractivity contribution in [1.82, 2.24) is 5.32 Å². The second-order valence-electron chi connectivity index (χ2n) is 4.70. The molecule has 0 radical (unpaired) electrons. The lowest BCUT2D eigenvalue weighted by molar-refractivity contribution is 0.0401. The Balaban J connectivity index is 3.59. The van der Waals surface area contributed by atoms with E-state index in [1.165, 1.54) is 0 Å². The molecule has 0 saturated heterocycles. The number of aliphatic hydroxyl groups is 2. The molecule has 0 aromatic heterocycles. The van der Waals surface area contributed by atoms with Crippen molar-refractivity contribution in [2.24, 2.45) is 5.41 Å². The van der Waals surface area contributed by atoms with Crippen LogP contribution in [-0.2, 0) is 0 Å². The summed E-state index contributed by atoms with van der Waals surface area (Å²) >= 11 is 0. The SMILES string of the molecule is CCC(C)(C)C(O)CCNCC(C)O. The van der Waals surface area contributed by atoms with E-state index in [9.17, 15) is 5.11 Å². The lowest BCUT2D eigenvalue weighted by Gasteiger charge is -2.29. The lowest BCUT2D eigenvalue weighted by atomic mass is 9.82. The molecule has 0 fully saturated rings. The largest absolute Gasteiger partial charge is 0.393 e. The number of hydrogen-bond acceptors (Lipinski definition) is 3. The standard InChI is InChI=1S/C11H25NO2/c1-5-11(3,4)10(14)6-7-12-8-9(2)13/h9-10,12-14H,5-8H2,1-4H3. The van der Waals surface area contributed by atoms with Crippen LogP contribution < -0.4 is 5.32 Å². The van der Waals surface area contributed by atoms with Crippen molar-refractivity contribution in [1.29, 1.82) is 0 Å². The number of aliphatic hydroxyl groups excluding tert-OH is 2. The molecule has 86 valence electrons. The summed E-state index contributed by atoms with van der Waals surface area (Å²) in [5.41, 5.74) is -0.00743. The molecule has 0 amide bonds. The first-order valence-corrected chi connectivity index (χ1v) is 5.47. The molecule has 0 saturated carbocycles. The van der Waals surface area contributed by atoms with Crippen molar-refractivity contribution in [3.8, 4) is 0 Å². The first kappa shape index (κ1) is 13.9. The average Bonchev–Trinajstić information content (AvgIpc) is 2.11. The number of rotatable bonds is 7. The van der Waals surface area contributed by atoms with E-state index in [2.05, 4.69) is 26.1 Å². The molecule has 2 unspecified atom stereocenters. The summed E-state index contributed by atoms with van der Waals surface area (Å²) in [6, 6.07) is 0.